The number of hydrogen-bond donors (Lipinski definition) is 1. The van der Waals surface area contributed by atoms with Gasteiger partial charge in [0, 0.05) is 34.0 Å². The Morgan fingerprint density at radius 3 is 2.59 bits per heavy atom. The van der Waals surface area contributed by atoms with Crippen molar-refractivity contribution in [3.05, 3.63) is 47.5 Å². The number of amides is 1. The zero-order valence-corrected chi connectivity index (χ0v) is 15.4. The Hall–Kier alpha value is -2.19. The van der Waals surface area contributed by atoms with Crippen molar-refractivity contribution in [2.45, 2.75) is 35.4 Å². The van der Waals surface area contributed by atoms with Crippen LogP contribution >= 0.6 is 11.8 Å². The number of carbonyl (C=O) groups excluding carboxylic acids is 1. The lowest BCUT2D eigenvalue weighted by Gasteiger charge is -2.20. The molecule has 0 aromatic heterocycles. The van der Waals surface area contributed by atoms with Crippen LogP contribution in [0, 0.1) is 0 Å². The number of methoxy groups -OCH3 is 1. The Bertz CT molecular complexity index is 855. The molecule has 3 rings (SSSR count). The maximum absolute atomic E-state index is 13.7. The highest BCUT2D eigenvalue weighted by molar-refractivity contribution is 7.99. The lowest BCUT2D eigenvalue weighted by atomic mass is 10.2. The zero-order chi connectivity index (χ0) is 19.6. The molecule has 2 aromatic carbocycles. The van der Waals surface area contributed by atoms with E-state index in [1.807, 2.05) is 0 Å². The van der Waals surface area contributed by atoms with Crippen LogP contribution in [0.3, 0.4) is 0 Å². The second-order valence-electron chi connectivity index (χ2n) is 6.02. The highest BCUT2D eigenvalue weighted by Crippen LogP contribution is 2.43. The normalized spacial score (nSPS) is 14.7. The van der Waals surface area contributed by atoms with Crippen LogP contribution in [0.25, 0.3) is 0 Å². The minimum atomic E-state index is -4.57. The van der Waals surface area contributed by atoms with Crippen LogP contribution < -0.4 is 9.64 Å². The maximum atomic E-state index is 13.7. The van der Waals surface area contributed by atoms with Gasteiger partial charge in [-0.3, -0.25) is 4.79 Å². The van der Waals surface area contributed by atoms with E-state index in [1.54, 1.807) is 18.2 Å². The van der Waals surface area contributed by atoms with Gasteiger partial charge >= 0.3 is 6.18 Å². The van der Waals surface area contributed by atoms with Gasteiger partial charge in [0.15, 0.2) is 0 Å². The molecule has 1 saturated heterocycles. The van der Waals surface area contributed by atoms with Gasteiger partial charge in [0.25, 0.3) is 0 Å². The van der Waals surface area contributed by atoms with Gasteiger partial charge in [-0.15, -0.1) is 0 Å². The summed E-state index contributed by atoms with van der Waals surface area (Å²) in [5.41, 5.74) is -0.129. The molecule has 2 aromatic rings. The molecule has 0 saturated carbocycles. The monoisotopic (exact) mass is 397 g/mol. The molecule has 1 amide bonds. The molecule has 1 aliphatic heterocycles. The molecular weight excluding hydrogens is 379 g/mol. The van der Waals surface area contributed by atoms with E-state index in [-0.39, 0.29) is 23.1 Å². The predicted octanol–water partition coefficient (Wildman–Crippen LogP) is 4.48. The molecule has 0 bridgehead atoms. The predicted molar refractivity (Wildman–Crippen MR) is 96.1 cm³/mol. The van der Waals surface area contributed by atoms with E-state index in [0.717, 1.165) is 17.8 Å². The van der Waals surface area contributed by atoms with Crippen LogP contribution in [-0.4, -0.2) is 24.7 Å². The van der Waals surface area contributed by atoms with Gasteiger partial charge in [-0.2, -0.15) is 13.2 Å². The summed E-state index contributed by atoms with van der Waals surface area (Å²) in [7, 11) is 1.44. The Morgan fingerprint density at radius 1 is 1.22 bits per heavy atom. The van der Waals surface area contributed by atoms with Crippen molar-refractivity contribution in [1.82, 2.24) is 0 Å². The molecular formula is C19H18F3NO3S. The molecule has 0 spiro atoms. The third kappa shape index (κ3) is 4.06. The first-order valence-corrected chi connectivity index (χ1v) is 9.13. The number of aliphatic hydroxyl groups excluding tert-OH is 1. The van der Waals surface area contributed by atoms with Crippen LogP contribution in [0.4, 0.5) is 18.9 Å². The number of carbonyl (C=O) groups is 1. The van der Waals surface area contributed by atoms with Crippen LogP contribution in [0.15, 0.2) is 46.2 Å². The number of anilines is 1. The average molecular weight is 397 g/mol. The van der Waals surface area contributed by atoms with Crippen molar-refractivity contribution < 1.29 is 27.8 Å². The molecule has 8 heteroatoms. The number of halogens is 3. The highest BCUT2D eigenvalue weighted by Gasteiger charge is 2.35. The molecule has 27 heavy (non-hydrogen) atoms. The van der Waals surface area contributed by atoms with Crippen LogP contribution in [0.5, 0.6) is 5.75 Å². The Labute approximate surface area is 158 Å². The van der Waals surface area contributed by atoms with Gasteiger partial charge in [-0.25, -0.2) is 0 Å². The lowest BCUT2D eigenvalue weighted by Crippen LogP contribution is -2.24. The molecule has 144 valence electrons. The van der Waals surface area contributed by atoms with Crippen molar-refractivity contribution in [2.75, 3.05) is 18.6 Å². The molecule has 0 radical (unpaired) electrons. The summed E-state index contributed by atoms with van der Waals surface area (Å²) in [5, 5.41) is 9.59. The van der Waals surface area contributed by atoms with E-state index in [2.05, 4.69) is 0 Å². The SMILES string of the molecule is COc1cccc(Sc2ccc(N3CCCC3=O)cc2C(F)(F)F)c1CO. The molecule has 1 N–H and O–H groups in total. The zero-order valence-electron chi connectivity index (χ0n) is 14.5. The lowest BCUT2D eigenvalue weighted by molar-refractivity contribution is -0.139. The van der Waals surface area contributed by atoms with E-state index in [9.17, 15) is 23.1 Å². The van der Waals surface area contributed by atoms with Gasteiger partial charge in [0.1, 0.15) is 5.75 Å². The van der Waals surface area contributed by atoms with Gasteiger partial charge in [-0.1, -0.05) is 17.8 Å². The van der Waals surface area contributed by atoms with Gasteiger partial charge in [0.2, 0.25) is 5.91 Å². The Morgan fingerprint density at radius 2 is 2.00 bits per heavy atom. The fraction of sp³-hybridized carbons (Fsp3) is 0.316. The summed E-state index contributed by atoms with van der Waals surface area (Å²) in [6.45, 7) is 0.0707. The fourth-order valence-electron chi connectivity index (χ4n) is 3.02. The second-order valence-corrected chi connectivity index (χ2v) is 7.11. The second kappa shape index (κ2) is 7.82. The summed E-state index contributed by atoms with van der Waals surface area (Å²) < 4.78 is 46.1. The Kier molecular flexibility index (Phi) is 5.67. The first kappa shape index (κ1) is 19.6. The average Bonchev–Trinajstić information content (AvgIpc) is 3.06. The van der Waals surface area contributed by atoms with Gasteiger partial charge in [-0.05, 0) is 36.8 Å². The topological polar surface area (TPSA) is 49.8 Å². The summed E-state index contributed by atoms with van der Waals surface area (Å²) in [6, 6.07) is 8.85. The summed E-state index contributed by atoms with van der Waals surface area (Å²) >= 11 is 0.910. The summed E-state index contributed by atoms with van der Waals surface area (Å²) in [5.74, 6) is 0.245. The third-order valence-corrected chi connectivity index (χ3v) is 5.52. The first-order chi connectivity index (χ1) is 12.8. The molecule has 0 aliphatic carbocycles. The largest absolute Gasteiger partial charge is 0.496 e. The number of rotatable bonds is 5. The van der Waals surface area contributed by atoms with E-state index < -0.39 is 11.7 Å². The van der Waals surface area contributed by atoms with Crippen molar-refractivity contribution in [3.8, 4) is 5.75 Å². The van der Waals surface area contributed by atoms with Crippen LogP contribution in [0.2, 0.25) is 0 Å². The highest BCUT2D eigenvalue weighted by atomic mass is 32.2. The third-order valence-electron chi connectivity index (χ3n) is 4.34. The fourth-order valence-corrected chi connectivity index (χ4v) is 4.12. The van der Waals surface area contributed by atoms with Gasteiger partial charge in [0.05, 0.1) is 19.3 Å². The smallest absolute Gasteiger partial charge is 0.417 e. The van der Waals surface area contributed by atoms with E-state index in [0.29, 0.717) is 35.6 Å². The number of benzene rings is 2. The quantitative estimate of drug-likeness (QED) is 0.808. The van der Waals surface area contributed by atoms with Crippen LogP contribution in [-0.2, 0) is 17.6 Å². The first-order valence-electron chi connectivity index (χ1n) is 8.31. The molecule has 1 fully saturated rings. The van der Waals surface area contributed by atoms with Crippen molar-refractivity contribution in [3.63, 3.8) is 0 Å². The standard InChI is InChI=1S/C19H18F3NO3S/c1-26-15-4-2-5-16(13(15)11-24)27-17-8-7-12(10-14(17)19(20,21)22)23-9-3-6-18(23)25/h2,4-5,7-8,10,24H,3,6,9,11H2,1H3. The number of aliphatic hydroxyl groups is 1. The summed E-state index contributed by atoms with van der Waals surface area (Å²) in [4.78, 5) is 13.7. The molecule has 0 atom stereocenters. The van der Waals surface area contributed by atoms with Crippen molar-refractivity contribution >= 4 is 23.4 Å². The Balaban J connectivity index is 2.02. The van der Waals surface area contributed by atoms with Gasteiger partial charge < -0.3 is 14.7 Å². The van der Waals surface area contributed by atoms with E-state index >= 15 is 0 Å². The maximum Gasteiger partial charge on any atom is 0.417 e. The van der Waals surface area contributed by atoms with Crippen molar-refractivity contribution in [2.24, 2.45) is 0 Å². The molecule has 1 aliphatic rings. The minimum absolute atomic E-state index is 0.000786. The molecule has 0 unspecified atom stereocenters. The number of ether oxygens (including phenoxy) is 1. The number of alkyl halides is 3. The minimum Gasteiger partial charge on any atom is -0.496 e. The van der Waals surface area contributed by atoms with E-state index in [1.165, 1.54) is 24.1 Å². The molecule has 1 heterocycles. The van der Waals surface area contributed by atoms with Crippen molar-refractivity contribution in [1.29, 1.82) is 0 Å². The van der Waals surface area contributed by atoms with E-state index in [4.69, 9.17) is 4.74 Å². The summed E-state index contributed by atoms with van der Waals surface area (Å²) in [6.07, 6.45) is -3.58. The molecule has 4 nitrogen and oxygen atoms in total. The van der Waals surface area contributed by atoms with Crippen LogP contribution in [0.1, 0.15) is 24.0 Å². The number of nitrogens with zero attached hydrogens (tertiary/aromatic N) is 1. The number of hydrogen-bond acceptors (Lipinski definition) is 4.